The summed E-state index contributed by atoms with van der Waals surface area (Å²) in [6, 6.07) is 21.9. The van der Waals surface area contributed by atoms with Crippen molar-refractivity contribution in [2.24, 2.45) is 4.99 Å². The molecular formula is C29H27N7O3. The Morgan fingerprint density at radius 1 is 0.923 bits per heavy atom. The van der Waals surface area contributed by atoms with Gasteiger partial charge in [-0.1, -0.05) is 53.6 Å². The smallest absolute Gasteiger partial charge is 0.317 e. The first-order valence-electron chi connectivity index (χ1n) is 13.1. The Bertz CT molecular complexity index is 1550. The standard InChI is InChI=1S/C29H27N7O3/c1-17-11-14-22(26(30-17)36-19-12-13-20(36)16-38-15-19)28-34-35-29(39-28)33-25-27(37)31-23-10-6-5-9-21(23)24(32-25)18-7-3-2-4-8-18/h2-11,14,19-20,25H,12-13,15-16H2,1H3,(H,31,37)(H,33,35). The zero-order valence-corrected chi connectivity index (χ0v) is 21.4. The quantitative estimate of drug-likeness (QED) is 0.404. The van der Waals surface area contributed by atoms with Crippen molar-refractivity contribution in [1.82, 2.24) is 15.2 Å². The average molecular weight is 522 g/mol. The van der Waals surface area contributed by atoms with Gasteiger partial charge in [-0.05, 0) is 38.0 Å². The minimum atomic E-state index is -0.980. The van der Waals surface area contributed by atoms with Gasteiger partial charge in [0.15, 0.2) is 0 Å². The maximum Gasteiger partial charge on any atom is 0.317 e. The number of amides is 1. The number of nitrogens with one attached hydrogen (secondary N) is 2. The second kappa shape index (κ2) is 9.63. The molecule has 0 spiro atoms. The number of fused-ring (bicyclic) bond motifs is 3. The topological polar surface area (TPSA) is 118 Å². The molecule has 3 unspecified atom stereocenters. The minimum Gasteiger partial charge on any atom is -0.403 e. The SMILES string of the molecule is Cc1ccc(-c2nnc(NC3N=C(c4ccccc4)c4ccccc4NC3=O)o2)c(N2C3CCC2COC3)n1. The highest BCUT2D eigenvalue weighted by atomic mass is 16.5. The molecule has 39 heavy (non-hydrogen) atoms. The number of para-hydroxylation sites is 1. The molecule has 196 valence electrons. The van der Waals surface area contributed by atoms with Crippen LogP contribution in [0.25, 0.3) is 11.5 Å². The van der Waals surface area contributed by atoms with Crippen LogP contribution in [0.2, 0.25) is 0 Å². The summed E-state index contributed by atoms with van der Waals surface area (Å²) in [5.74, 6) is 0.833. The van der Waals surface area contributed by atoms with Crippen molar-refractivity contribution in [3.05, 3.63) is 83.6 Å². The number of nitrogens with zero attached hydrogens (tertiary/aromatic N) is 5. The van der Waals surface area contributed by atoms with E-state index in [1.54, 1.807) is 0 Å². The number of pyridine rings is 1. The third kappa shape index (κ3) is 4.32. The third-order valence-corrected chi connectivity index (χ3v) is 7.41. The van der Waals surface area contributed by atoms with Crippen molar-refractivity contribution in [3.8, 4) is 11.5 Å². The molecule has 1 amide bonds. The molecule has 3 atom stereocenters. The van der Waals surface area contributed by atoms with E-state index < -0.39 is 6.17 Å². The third-order valence-electron chi connectivity index (χ3n) is 7.41. The number of benzene rings is 2. The van der Waals surface area contributed by atoms with Crippen LogP contribution in [0.5, 0.6) is 0 Å². The number of benzodiazepines with no additional fused rings is 1. The molecule has 0 aliphatic carbocycles. The molecular weight excluding hydrogens is 494 g/mol. The number of aromatic nitrogens is 3. The minimum absolute atomic E-state index is 0.101. The molecule has 2 saturated heterocycles. The molecule has 0 saturated carbocycles. The molecule has 0 radical (unpaired) electrons. The molecule has 7 rings (SSSR count). The predicted octanol–water partition coefficient (Wildman–Crippen LogP) is 4.04. The summed E-state index contributed by atoms with van der Waals surface area (Å²) < 4.78 is 11.8. The first-order valence-corrected chi connectivity index (χ1v) is 13.1. The van der Waals surface area contributed by atoms with E-state index in [0.29, 0.717) is 30.5 Å². The van der Waals surface area contributed by atoms with Crippen LogP contribution in [-0.2, 0) is 9.53 Å². The van der Waals surface area contributed by atoms with Gasteiger partial charge in [0, 0.05) is 16.8 Å². The van der Waals surface area contributed by atoms with E-state index in [0.717, 1.165) is 41.0 Å². The summed E-state index contributed by atoms with van der Waals surface area (Å²) in [5.41, 5.74) is 4.78. The fourth-order valence-electron chi connectivity index (χ4n) is 5.57. The van der Waals surface area contributed by atoms with E-state index in [2.05, 4.69) is 25.7 Å². The van der Waals surface area contributed by atoms with E-state index in [9.17, 15) is 4.79 Å². The Morgan fingerprint density at radius 2 is 1.69 bits per heavy atom. The number of aryl methyl sites for hydroxylation is 1. The summed E-state index contributed by atoms with van der Waals surface area (Å²) in [7, 11) is 0. The van der Waals surface area contributed by atoms with Crippen LogP contribution < -0.4 is 15.5 Å². The van der Waals surface area contributed by atoms with Gasteiger partial charge in [-0.15, -0.1) is 5.10 Å². The maximum absolute atomic E-state index is 13.2. The number of ether oxygens (including phenoxy) is 1. The van der Waals surface area contributed by atoms with Crippen LogP contribution >= 0.6 is 0 Å². The molecule has 2 bridgehead atoms. The molecule has 4 aromatic rings. The molecule has 10 nitrogen and oxygen atoms in total. The Morgan fingerprint density at radius 3 is 2.51 bits per heavy atom. The summed E-state index contributed by atoms with van der Waals surface area (Å²) in [5, 5.41) is 14.5. The number of carbonyl (C=O) groups excluding carboxylic acids is 1. The highest BCUT2D eigenvalue weighted by Gasteiger charge is 2.40. The molecule has 2 aromatic heterocycles. The van der Waals surface area contributed by atoms with Gasteiger partial charge in [0.05, 0.1) is 42.3 Å². The second-order valence-electron chi connectivity index (χ2n) is 9.99. The molecule has 3 aliphatic rings. The summed E-state index contributed by atoms with van der Waals surface area (Å²) in [6.07, 6.45) is 1.15. The van der Waals surface area contributed by atoms with Crippen LogP contribution in [0.15, 0.2) is 76.1 Å². The average Bonchev–Trinajstić information content (AvgIpc) is 3.48. The van der Waals surface area contributed by atoms with Gasteiger partial charge in [0.2, 0.25) is 6.17 Å². The Kier molecular flexibility index (Phi) is 5.81. The van der Waals surface area contributed by atoms with Crippen molar-refractivity contribution >= 4 is 29.1 Å². The van der Waals surface area contributed by atoms with E-state index in [1.165, 1.54) is 0 Å². The van der Waals surface area contributed by atoms with Gasteiger partial charge in [-0.25, -0.2) is 9.98 Å². The highest BCUT2D eigenvalue weighted by molar-refractivity contribution is 6.19. The number of hydrogen-bond donors (Lipinski definition) is 2. The van der Waals surface area contributed by atoms with Gasteiger partial charge >= 0.3 is 6.01 Å². The number of morpholine rings is 1. The molecule has 3 aliphatic heterocycles. The summed E-state index contributed by atoms with van der Waals surface area (Å²) in [6.45, 7) is 3.34. The molecule has 5 heterocycles. The van der Waals surface area contributed by atoms with E-state index in [-0.39, 0.29) is 24.0 Å². The number of aliphatic imine (C=N–C) groups is 1. The summed E-state index contributed by atoms with van der Waals surface area (Å²) in [4.78, 5) is 25.2. The van der Waals surface area contributed by atoms with Gasteiger partial charge in [0.25, 0.3) is 11.8 Å². The van der Waals surface area contributed by atoms with Gasteiger partial charge < -0.3 is 24.7 Å². The fourth-order valence-corrected chi connectivity index (χ4v) is 5.57. The summed E-state index contributed by atoms with van der Waals surface area (Å²) >= 11 is 0. The maximum atomic E-state index is 13.2. The number of hydrogen-bond acceptors (Lipinski definition) is 9. The zero-order valence-electron chi connectivity index (χ0n) is 21.4. The Balaban J connectivity index is 1.22. The van der Waals surface area contributed by atoms with Crippen molar-refractivity contribution in [1.29, 1.82) is 0 Å². The first kappa shape index (κ1) is 23.5. The Labute approximate surface area is 225 Å². The zero-order chi connectivity index (χ0) is 26.3. The van der Waals surface area contributed by atoms with Gasteiger partial charge in [0.1, 0.15) is 5.82 Å². The number of anilines is 3. The molecule has 2 N–H and O–H groups in total. The normalized spacial score (nSPS) is 22.1. The van der Waals surface area contributed by atoms with Crippen LogP contribution in [-0.4, -0.2) is 58.3 Å². The predicted molar refractivity (Wildman–Crippen MR) is 147 cm³/mol. The second-order valence-corrected chi connectivity index (χ2v) is 9.99. The van der Waals surface area contributed by atoms with E-state index >= 15 is 0 Å². The van der Waals surface area contributed by atoms with E-state index in [1.807, 2.05) is 73.7 Å². The van der Waals surface area contributed by atoms with Crippen molar-refractivity contribution in [2.45, 2.75) is 38.0 Å². The number of rotatable bonds is 5. The van der Waals surface area contributed by atoms with Crippen molar-refractivity contribution in [2.75, 3.05) is 28.7 Å². The molecule has 10 heteroatoms. The van der Waals surface area contributed by atoms with Crippen LogP contribution in [0.4, 0.5) is 17.5 Å². The first-order chi connectivity index (χ1) is 19.1. The van der Waals surface area contributed by atoms with Crippen molar-refractivity contribution in [3.63, 3.8) is 0 Å². The van der Waals surface area contributed by atoms with Crippen LogP contribution in [0, 0.1) is 6.92 Å². The lowest BCUT2D eigenvalue weighted by molar-refractivity contribution is -0.116. The van der Waals surface area contributed by atoms with Crippen LogP contribution in [0.1, 0.15) is 29.7 Å². The monoisotopic (exact) mass is 521 g/mol. The lowest BCUT2D eigenvalue weighted by Crippen LogP contribution is -2.46. The fraction of sp³-hybridized carbons (Fsp3) is 0.276. The molecule has 2 fully saturated rings. The van der Waals surface area contributed by atoms with E-state index in [4.69, 9.17) is 19.1 Å². The van der Waals surface area contributed by atoms with Gasteiger partial charge in [-0.2, -0.15) is 0 Å². The van der Waals surface area contributed by atoms with Crippen LogP contribution in [0.3, 0.4) is 0 Å². The lowest BCUT2D eigenvalue weighted by Gasteiger charge is -2.36. The van der Waals surface area contributed by atoms with Crippen molar-refractivity contribution < 1.29 is 13.9 Å². The van der Waals surface area contributed by atoms with Gasteiger partial charge in [-0.3, -0.25) is 4.79 Å². The lowest BCUT2D eigenvalue weighted by atomic mass is 10.0. The largest absolute Gasteiger partial charge is 0.403 e. The molecule has 2 aromatic carbocycles. The highest BCUT2D eigenvalue weighted by Crippen LogP contribution is 2.38. The Hall–Kier alpha value is -4.57. The number of carbonyl (C=O) groups is 1.